The molecule has 13 heteroatoms. The van der Waals surface area contributed by atoms with Crippen molar-refractivity contribution >= 4 is 81.3 Å². The molecule has 2 amide bonds. The minimum atomic E-state index is -4.58. The van der Waals surface area contributed by atoms with Gasteiger partial charge in [0.25, 0.3) is 0 Å². The molecular weight excluding hydrogens is 599 g/mol. The number of hydrogen-bond acceptors (Lipinski definition) is 3. The van der Waals surface area contributed by atoms with Crippen LogP contribution in [0, 0.1) is 11.8 Å². The number of hydrogen-bond donors (Lipinski definition) is 1. The molecule has 1 saturated carbocycles. The summed E-state index contributed by atoms with van der Waals surface area (Å²) in [7, 11) is 0. The fourth-order valence-electron chi connectivity index (χ4n) is 4.42. The van der Waals surface area contributed by atoms with Gasteiger partial charge < -0.3 is 10.2 Å². The number of carbonyl (C=O) groups is 3. The van der Waals surface area contributed by atoms with Gasteiger partial charge in [-0.15, -0.1) is 23.2 Å². The lowest BCUT2D eigenvalue weighted by Gasteiger charge is -2.39. The summed E-state index contributed by atoms with van der Waals surface area (Å²) in [5, 5.41) is 3.59. The number of likely N-dealkylation sites (tertiary alicyclic amines) is 1. The summed E-state index contributed by atoms with van der Waals surface area (Å²) in [4.78, 5) is 38.5. The van der Waals surface area contributed by atoms with Crippen molar-refractivity contribution in [3.63, 3.8) is 0 Å². The molecule has 2 aromatic rings. The van der Waals surface area contributed by atoms with Gasteiger partial charge in [0.05, 0.1) is 10.9 Å². The Labute approximate surface area is 235 Å². The Morgan fingerprint density at radius 2 is 1.62 bits per heavy atom. The number of nitrogens with one attached hydrogen (secondary N) is 1. The minimum Gasteiger partial charge on any atom is -0.342 e. The molecule has 1 aliphatic heterocycles. The molecule has 2 atom stereocenters. The second kappa shape index (κ2) is 10.5. The van der Waals surface area contributed by atoms with Crippen molar-refractivity contribution in [1.29, 1.82) is 0 Å². The van der Waals surface area contributed by atoms with E-state index in [-0.39, 0.29) is 47.5 Å². The first-order valence-electron chi connectivity index (χ1n) is 11.0. The highest BCUT2D eigenvalue weighted by molar-refractivity contribution is 6.53. The molecule has 1 N–H and O–H groups in total. The van der Waals surface area contributed by atoms with Gasteiger partial charge in [0.2, 0.25) is 11.8 Å². The van der Waals surface area contributed by atoms with Crippen LogP contribution < -0.4 is 5.32 Å². The van der Waals surface area contributed by atoms with Gasteiger partial charge in [-0.1, -0.05) is 34.8 Å². The smallest absolute Gasteiger partial charge is 0.342 e. The van der Waals surface area contributed by atoms with E-state index in [2.05, 4.69) is 5.32 Å². The fourth-order valence-corrected chi connectivity index (χ4v) is 6.01. The summed E-state index contributed by atoms with van der Waals surface area (Å²) in [6.07, 6.45) is -6.12. The maximum absolute atomic E-state index is 13.0. The Bertz CT molecular complexity index is 1240. The van der Waals surface area contributed by atoms with E-state index in [1.807, 2.05) is 0 Å². The molecule has 1 heterocycles. The fraction of sp³-hybridized carbons (Fsp3) is 0.375. The lowest BCUT2D eigenvalue weighted by Crippen LogP contribution is -2.51. The van der Waals surface area contributed by atoms with Crippen LogP contribution in [0.4, 0.5) is 18.9 Å². The van der Waals surface area contributed by atoms with Crippen LogP contribution in [0.15, 0.2) is 36.4 Å². The zero-order chi connectivity index (χ0) is 27.3. The monoisotopic (exact) mass is 614 g/mol. The largest absolute Gasteiger partial charge is 0.397 e. The number of carbonyl (C=O) groups excluding carboxylic acids is 3. The second-order valence-electron chi connectivity index (χ2n) is 9.10. The van der Waals surface area contributed by atoms with Gasteiger partial charge in [-0.05, 0) is 42.0 Å². The van der Waals surface area contributed by atoms with E-state index in [0.29, 0.717) is 15.6 Å². The first-order chi connectivity index (χ1) is 17.2. The van der Waals surface area contributed by atoms with Crippen molar-refractivity contribution in [2.45, 2.75) is 29.3 Å². The van der Waals surface area contributed by atoms with Gasteiger partial charge in [-0.3, -0.25) is 14.4 Å². The molecule has 198 valence electrons. The van der Waals surface area contributed by atoms with Gasteiger partial charge in [-0.2, -0.15) is 13.2 Å². The zero-order valence-electron chi connectivity index (χ0n) is 18.7. The molecule has 0 bridgehead atoms. The second-order valence-corrected chi connectivity index (χ2v) is 11.8. The van der Waals surface area contributed by atoms with Crippen LogP contribution in [0.3, 0.4) is 0 Å². The molecule has 4 rings (SSSR count). The highest BCUT2D eigenvalue weighted by atomic mass is 35.5. The van der Waals surface area contributed by atoms with E-state index in [0.717, 1.165) is 4.90 Å². The van der Waals surface area contributed by atoms with Crippen LogP contribution in [-0.4, -0.2) is 46.1 Å². The van der Waals surface area contributed by atoms with Gasteiger partial charge in [0.15, 0.2) is 5.78 Å². The van der Waals surface area contributed by atoms with Crippen LogP contribution in [-0.2, 0) is 9.59 Å². The molecule has 1 aliphatic carbocycles. The molecule has 0 spiro atoms. The average molecular weight is 617 g/mol. The summed E-state index contributed by atoms with van der Waals surface area (Å²) >= 11 is 31.1. The Balaban J connectivity index is 1.38. The average Bonchev–Trinajstić information content (AvgIpc) is 3.31. The third-order valence-electron chi connectivity index (χ3n) is 6.25. The van der Waals surface area contributed by atoms with E-state index in [4.69, 9.17) is 58.0 Å². The van der Waals surface area contributed by atoms with Gasteiger partial charge in [0, 0.05) is 52.6 Å². The van der Waals surface area contributed by atoms with Gasteiger partial charge in [0.1, 0.15) is 10.8 Å². The molecule has 5 nitrogen and oxygen atoms in total. The third kappa shape index (κ3) is 6.48. The minimum absolute atomic E-state index is 0.0143. The van der Waals surface area contributed by atoms with Crippen LogP contribution in [0.5, 0.6) is 0 Å². The van der Waals surface area contributed by atoms with Crippen LogP contribution in [0.1, 0.15) is 34.7 Å². The molecule has 0 radical (unpaired) electrons. The van der Waals surface area contributed by atoms with Crippen LogP contribution in [0.2, 0.25) is 15.1 Å². The molecular formula is C24H18Cl5F3N2O3. The van der Waals surface area contributed by atoms with E-state index in [1.54, 1.807) is 18.2 Å². The van der Waals surface area contributed by atoms with E-state index in [9.17, 15) is 27.6 Å². The summed E-state index contributed by atoms with van der Waals surface area (Å²) < 4.78 is 35.8. The number of alkyl halides is 5. The lowest BCUT2D eigenvalue weighted by molar-refractivity contribution is -0.165. The molecule has 37 heavy (non-hydrogen) atoms. The van der Waals surface area contributed by atoms with Gasteiger partial charge in [-0.25, -0.2) is 0 Å². The molecule has 2 aliphatic rings. The Kier molecular flexibility index (Phi) is 8.00. The molecule has 2 aromatic carbocycles. The molecule has 1 saturated heterocycles. The number of halogens is 8. The first kappa shape index (κ1) is 28.3. The first-order valence-corrected chi connectivity index (χ1v) is 12.9. The van der Waals surface area contributed by atoms with Crippen molar-refractivity contribution in [3.05, 3.63) is 62.6 Å². The SMILES string of the molecule is O=C(CC1CN(C(=O)CC(F)(F)F)C1)c1cc(NC(=O)C2C(c3cc(Cl)cc(Cl)c3)C2(Cl)Cl)ccc1Cl. The summed E-state index contributed by atoms with van der Waals surface area (Å²) in [5.74, 6) is -3.52. The highest BCUT2D eigenvalue weighted by Crippen LogP contribution is 2.65. The van der Waals surface area contributed by atoms with Crippen molar-refractivity contribution in [1.82, 2.24) is 4.90 Å². The number of Topliss-reactive ketones (excluding diaryl/α,β-unsaturated/α-hetero) is 1. The predicted molar refractivity (Wildman–Crippen MR) is 137 cm³/mol. The normalized spacial score (nSPS) is 20.8. The van der Waals surface area contributed by atoms with Crippen molar-refractivity contribution in [2.24, 2.45) is 11.8 Å². The van der Waals surface area contributed by atoms with Crippen molar-refractivity contribution < 1.29 is 27.6 Å². The zero-order valence-corrected chi connectivity index (χ0v) is 22.5. The number of anilines is 1. The summed E-state index contributed by atoms with van der Waals surface area (Å²) in [6.45, 7) is 0.109. The molecule has 2 fully saturated rings. The van der Waals surface area contributed by atoms with E-state index >= 15 is 0 Å². The van der Waals surface area contributed by atoms with Crippen LogP contribution in [0.25, 0.3) is 0 Å². The lowest BCUT2D eigenvalue weighted by atomic mass is 9.91. The molecule has 2 unspecified atom stereocenters. The number of amides is 2. The highest BCUT2D eigenvalue weighted by Gasteiger charge is 2.67. The van der Waals surface area contributed by atoms with Gasteiger partial charge >= 0.3 is 6.18 Å². The quantitative estimate of drug-likeness (QED) is 0.265. The number of rotatable bonds is 7. The Morgan fingerprint density at radius 1 is 1.00 bits per heavy atom. The summed E-state index contributed by atoms with van der Waals surface area (Å²) in [5.41, 5.74) is 1.03. The Hall–Kier alpha value is -1.71. The number of benzene rings is 2. The Morgan fingerprint density at radius 3 is 2.22 bits per heavy atom. The maximum Gasteiger partial charge on any atom is 0.397 e. The maximum atomic E-state index is 13.0. The molecule has 0 aromatic heterocycles. The topological polar surface area (TPSA) is 66.5 Å². The van der Waals surface area contributed by atoms with Crippen molar-refractivity contribution in [3.8, 4) is 0 Å². The van der Waals surface area contributed by atoms with E-state index in [1.165, 1.54) is 18.2 Å². The third-order valence-corrected chi connectivity index (χ3v) is 7.96. The van der Waals surface area contributed by atoms with Crippen LogP contribution >= 0.6 is 58.0 Å². The van der Waals surface area contributed by atoms with E-state index < -0.39 is 40.6 Å². The summed E-state index contributed by atoms with van der Waals surface area (Å²) in [6, 6.07) is 9.16. The number of nitrogens with zero attached hydrogens (tertiary/aromatic N) is 1. The number of ketones is 1. The standard InChI is InChI=1S/C24H18Cl5F3N2O3/c25-13-4-12(5-14(26)6-13)20-21(24(20,28)29)22(37)33-15-1-2-17(27)16(7-15)18(35)3-11-9-34(10-11)19(36)8-23(30,31)32/h1-2,4-7,11,20-21H,3,8-10H2,(H,33,37). The predicted octanol–water partition coefficient (Wildman–Crippen LogP) is 7.16. The van der Waals surface area contributed by atoms with Crippen molar-refractivity contribution in [2.75, 3.05) is 18.4 Å².